The SMILES string of the molecule is CCCCCC1=CCc2cc(-c3ccc(OC(F)(F)F)cc3)c(F)cc2C1. The number of unbranched alkanes of at least 4 members (excludes halogenated alkanes) is 2. The molecule has 0 amide bonds. The zero-order valence-electron chi connectivity index (χ0n) is 15.2. The first kappa shape index (κ1) is 19.5. The minimum Gasteiger partial charge on any atom is -0.406 e. The fourth-order valence-corrected chi connectivity index (χ4v) is 3.43. The predicted octanol–water partition coefficient (Wildman–Crippen LogP) is 7.00. The molecule has 5 heteroatoms. The summed E-state index contributed by atoms with van der Waals surface area (Å²) in [6, 6.07) is 8.67. The molecule has 2 aromatic carbocycles. The summed E-state index contributed by atoms with van der Waals surface area (Å²) in [6.45, 7) is 2.17. The fraction of sp³-hybridized carbons (Fsp3) is 0.364. The van der Waals surface area contributed by atoms with Crippen molar-refractivity contribution in [2.45, 2.75) is 51.8 Å². The molecule has 2 aromatic rings. The summed E-state index contributed by atoms with van der Waals surface area (Å²) >= 11 is 0. The Morgan fingerprint density at radius 1 is 1.00 bits per heavy atom. The van der Waals surface area contributed by atoms with Crippen LogP contribution in [0.1, 0.15) is 43.7 Å². The van der Waals surface area contributed by atoms with Gasteiger partial charge in [-0.1, -0.05) is 43.5 Å². The molecule has 0 heterocycles. The van der Waals surface area contributed by atoms with Crippen molar-refractivity contribution in [2.24, 2.45) is 0 Å². The van der Waals surface area contributed by atoms with Gasteiger partial charge in [0.05, 0.1) is 0 Å². The Hall–Kier alpha value is -2.30. The number of hydrogen-bond acceptors (Lipinski definition) is 1. The summed E-state index contributed by atoms with van der Waals surface area (Å²) < 4.78 is 55.3. The van der Waals surface area contributed by atoms with Crippen LogP contribution < -0.4 is 4.74 Å². The fourth-order valence-electron chi connectivity index (χ4n) is 3.43. The van der Waals surface area contributed by atoms with Gasteiger partial charge in [0, 0.05) is 5.56 Å². The first-order chi connectivity index (χ1) is 12.9. The van der Waals surface area contributed by atoms with Crippen molar-refractivity contribution in [1.82, 2.24) is 0 Å². The third-order valence-corrected chi connectivity index (χ3v) is 4.82. The Morgan fingerprint density at radius 3 is 2.41 bits per heavy atom. The molecule has 144 valence electrons. The van der Waals surface area contributed by atoms with Crippen LogP contribution in [0.4, 0.5) is 17.6 Å². The van der Waals surface area contributed by atoms with Crippen molar-refractivity contribution in [3.63, 3.8) is 0 Å². The molecule has 27 heavy (non-hydrogen) atoms. The molecule has 0 radical (unpaired) electrons. The lowest BCUT2D eigenvalue weighted by molar-refractivity contribution is -0.274. The molecule has 0 spiro atoms. The van der Waals surface area contributed by atoms with Crippen LogP contribution in [-0.2, 0) is 12.8 Å². The molecule has 0 unspecified atom stereocenters. The maximum Gasteiger partial charge on any atom is 0.573 e. The summed E-state index contributed by atoms with van der Waals surface area (Å²) in [5, 5.41) is 0. The van der Waals surface area contributed by atoms with E-state index in [1.165, 1.54) is 42.7 Å². The molecule has 0 bridgehead atoms. The largest absolute Gasteiger partial charge is 0.573 e. The van der Waals surface area contributed by atoms with Crippen LogP contribution >= 0.6 is 0 Å². The number of rotatable bonds is 6. The van der Waals surface area contributed by atoms with Gasteiger partial charge in [0.15, 0.2) is 0 Å². The molecule has 1 aliphatic carbocycles. The molecule has 0 aromatic heterocycles. The van der Waals surface area contributed by atoms with Crippen molar-refractivity contribution in [3.05, 3.63) is 65.0 Å². The van der Waals surface area contributed by atoms with Crippen LogP contribution in [0.15, 0.2) is 48.0 Å². The number of ether oxygens (including phenoxy) is 1. The van der Waals surface area contributed by atoms with Gasteiger partial charge in [-0.2, -0.15) is 0 Å². The van der Waals surface area contributed by atoms with Gasteiger partial charge >= 0.3 is 6.36 Å². The van der Waals surface area contributed by atoms with Gasteiger partial charge in [-0.05, 0) is 66.6 Å². The van der Waals surface area contributed by atoms with Crippen molar-refractivity contribution < 1.29 is 22.3 Å². The van der Waals surface area contributed by atoms with Gasteiger partial charge in [-0.25, -0.2) is 4.39 Å². The van der Waals surface area contributed by atoms with E-state index < -0.39 is 6.36 Å². The molecule has 0 saturated carbocycles. The Labute approximate surface area is 156 Å². The minimum absolute atomic E-state index is 0.315. The zero-order valence-corrected chi connectivity index (χ0v) is 15.2. The highest BCUT2D eigenvalue weighted by Gasteiger charge is 2.31. The lowest BCUT2D eigenvalue weighted by Crippen LogP contribution is -2.16. The van der Waals surface area contributed by atoms with E-state index >= 15 is 0 Å². The number of hydrogen-bond donors (Lipinski definition) is 0. The molecular formula is C22H22F4O. The number of allylic oxidation sites excluding steroid dienone is 2. The van der Waals surface area contributed by atoms with Crippen LogP contribution in [0.2, 0.25) is 0 Å². The van der Waals surface area contributed by atoms with E-state index in [1.54, 1.807) is 6.07 Å². The first-order valence-corrected chi connectivity index (χ1v) is 9.21. The highest BCUT2D eigenvalue weighted by molar-refractivity contribution is 5.67. The van der Waals surface area contributed by atoms with E-state index in [2.05, 4.69) is 17.7 Å². The second-order valence-corrected chi connectivity index (χ2v) is 6.87. The molecule has 0 N–H and O–H groups in total. The summed E-state index contributed by atoms with van der Waals surface area (Å²) in [5.74, 6) is -0.669. The molecule has 3 rings (SSSR count). The summed E-state index contributed by atoms with van der Waals surface area (Å²) in [6.07, 6.45) is 3.61. The molecule has 1 aliphatic rings. The van der Waals surface area contributed by atoms with E-state index in [-0.39, 0.29) is 11.6 Å². The maximum atomic E-state index is 14.6. The quantitative estimate of drug-likeness (QED) is 0.299. The van der Waals surface area contributed by atoms with E-state index in [0.717, 1.165) is 36.8 Å². The Kier molecular flexibility index (Phi) is 5.88. The predicted molar refractivity (Wildman–Crippen MR) is 98.2 cm³/mol. The molecule has 0 saturated heterocycles. The van der Waals surface area contributed by atoms with Crippen LogP contribution in [0.5, 0.6) is 5.75 Å². The summed E-state index contributed by atoms with van der Waals surface area (Å²) in [7, 11) is 0. The third-order valence-electron chi connectivity index (χ3n) is 4.82. The van der Waals surface area contributed by atoms with E-state index in [0.29, 0.717) is 11.1 Å². The van der Waals surface area contributed by atoms with Gasteiger partial charge < -0.3 is 4.74 Å². The van der Waals surface area contributed by atoms with Crippen molar-refractivity contribution >= 4 is 0 Å². The van der Waals surface area contributed by atoms with Crippen molar-refractivity contribution in [1.29, 1.82) is 0 Å². The van der Waals surface area contributed by atoms with E-state index in [4.69, 9.17) is 0 Å². The smallest absolute Gasteiger partial charge is 0.406 e. The standard InChI is InChI=1S/C22H22F4O/c1-2-3-4-5-15-6-7-17-13-20(21(23)14-18(17)12-15)16-8-10-19(11-9-16)27-22(24,25)26/h6,8-11,13-14H,2-5,7,12H2,1H3. The van der Waals surface area contributed by atoms with Gasteiger partial charge in [0.2, 0.25) is 0 Å². The molecular weight excluding hydrogens is 356 g/mol. The lowest BCUT2D eigenvalue weighted by Gasteiger charge is -2.19. The number of fused-ring (bicyclic) bond motifs is 1. The maximum absolute atomic E-state index is 14.6. The summed E-state index contributed by atoms with van der Waals surface area (Å²) in [4.78, 5) is 0. The number of alkyl halides is 3. The van der Waals surface area contributed by atoms with Crippen LogP contribution in [0.25, 0.3) is 11.1 Å². The second kappa shape index (κ2) is 8.15. The zero-order chi connectivity index (χ0) is 19.4. The van der Waals surface area contributed by atoms with Crippen molar-refractivity contribution in [3.8, 4) is 16.9 Å². The molecule has 1 nitrogen and oxygen atoms in total. The highest BCUT2D eigenvalue weighted by atomic mass is 19.4. The van der Waals surface area contributed by atoms with Gasteiger partial charge in [0.25, 0.3) is 0 Å². The molecule has 0 atom stereocenters. The van der Waals surface area contributed by atoms with Crippen LogP contribution in [0.3, 0.4) is 0 Å². The molecule has 0 aliphatic heterocycles. The average Bonchev–Trinajstić information content (AvgIpc) is 2.61. The number of halogens is 4. The third kappa shape index (κ3) is 5.12. The molecule has 0 fully saturated rings. The number of benzene rings is 2. The minimum atomic E-state index is -4.74. The normalized spacial score (nSPS) is 13.9. The van der Waals surface area contributed by atoms with Gasteiger partial charge in [-0.15, -0.1) is 13.2 Å². The van der Waals surface area contributed by atoms with Crippen molar-refractivity contribution in [2.75, 3.05) is 0 Å². The first-order valence-electron chi connectivity index (χ1n) is 9.21. The van der Waals surface area contributed by atoms with Crippen LogP contribution in [0, 0.1) is 5.82 Å². The van der Waals surface area contributed by atoms with E-state index in [9.17, 15) is 17.6 Å². The highest BCUT2D eigenvalue weighted by Crippen LogP contribution is 2.32. The topological polar surface area (TPSA) is 9.23 Å². The van der Waals surface area contributed by atoms with E-state index in [1.807, 2.05) is 6.07 Å². The Morgan fingerprint density at radius 2 is 1.74 bits per heavy atom. The Bertz CT molecular complexity index is 819. The van der Waals surface area contributed by atoms with Gasteiger partial charge in [-0.3, -0.25) is 0 Å². The summed E-state index contributed by atoms with van der Waals surface area (Å²) in [5.41, 5.74) is 4.36. The second-order valence-electron chi connectivity index (χ2n) is 6.87. The van der Waals surface area contributed by atoms with Crippen LogP contribution in [-0.4, -0.2) is 6.36 Å². The van der Waals surface area contributed by atoms with Gasteiger partial charge in [0.1, 0.15) is 11.6 Å². The Balaban J connectivity index is 1.77. The lowest BCUT2D eigenvalue weighted by atomic mass is 9.87. The monoisotopic (exact) mass is 378 g/mol. The average molecular weight is 378 g/mol.